The third kappa shape index (κ3) is 2.26. The summed E-state index contributed by atoms with van der Waals surface area (Å²) in [5.41, 5.74) is 0.451. The molecule has 0 bridgehead atoms. The molecule has 1 rings (SSSR count). The van der Waals surface area contributed by atoms with E-state index in [2.05, 4.69) is 4.98 Å². The summed E-state index contributed by atoms with van der Waals surface area (Å²) in [5, 5.41) is 8.43. The van der Waals surface area contributed by atoms with E-state index >= 15 is 0 Å². The van der Waals surface area contributed by atoms with E-state index in [0.29, 0.717) is 5.56 Å². The molecular formula is C8H8N2O2S. The summed E-state index contributed by atoms with van der Waals surface area (Å²) in [6.07, 6.45) is 2.55. The van der Waals surface area contributed by atoms with E-state index in [1.807, 2.05) is 6.07 Å². The van der Waals surface area contributed by atoms with Crippen LogP contribution in [0.5, 0.6) is 0 Å². The van der Waals surface area contributed by atoms with Crippen molar-refractivity contribution in [1.29, 1.82) is 5.26 Å². The van der Waals surface area contributed by atoms with Crippen LogP contribution >= 0.6 is 0 Å². The van der Waals surface area contributed by atoms with E-state index in [1.54, 1.807) is 12.1 Å². The lowest BCUT2D eigenvalue weighted by molar-refractivity contribution is 0.597. The minimum atomic E-state index is -3.32. The van der Waals surface area contributed by atoms with Crippen LogP contribution in [0.15, 0.2) is 23.4 Å². The molecule has 13 heavy (non-hydrogen) atoms. The lowest BCUT2D eigenvalue weighted by atomic mass is 10.2. The second-order valence-corrected chi connectivity index (χ2v) is 4.51. The maximum Gasteiger partial charge on any atom is 0.193 e. The van der Waals surface area contributed by atoms with Crippen molar-refractivity contribution in [3.63, 3.8) is 0 Å². The van der Waals surface area contributed by atoms with Crippen LogP contribution in [0, 0.1) is 11.3 Å². The molecule has 0 fully saturated rings. The molecule has 0 saturated carbocycles. The highest BCUT2D eigenvalue weighted by Crippen LogP contribution is 2.11. The maximum absolute atomic E-state index is 11.2. The third-order valence-electron chi connectivity index (χ3n) is 1.47. The molecule has 1 heterocycles. The van der Waals surface area contributed by atoms with Crippen LogP contribution in [0.1, 0.15) is 5.56 Å². The summed E-state index contributed by atoms with van der Waals surface area (Å²) in [6.45, 7) is 0. The molecule has 0 aliphatic carbocycles. The molecule has 0 radical (unpaired) electrons. The van der Waals surface area contributed by atoms with Crippen molar-refractivity contribution in [3.8, 4) is 6.07 Å². The molecule has 0 N–H and O–H groups in total. The highest BCUT2D eigenvalue weighted by atomic mass is 32.2. The molecule has 0 atom stereocenters. The first-order valence-corrected chi connectivity index (χ1v) is 5.45. The number of sulfone groups is 1. The molecule has 0 saturated heterocycles. The summed E-state index contributed by atoms with van der Waals surface area (Å²) in [4.78, 5) is 3.73. The summed E-state index contributed by atoms with van der Waals surface area (Å²) < 4.78 is 22.3. The molecule has 4 nitrogen and oxygen atoms in total. The number of rotatable bonds is 2. The first kappa shape index (κ1) is 9.68. The second-order valence-electron chi connectivity index (χ2n) is 2.57. The molecular weight excluding hydrogens is 188 g/mol. The van der Waals surface area contributed by atoms with E-state index < -0.39 is 9.84 Å². The van der Waals surface area contributed by atoms with Gasteiger partial charge in [0.1, 0.15) is 0 Å². The Hall–Kier alpha value is -1.41. The van der Waals surface area contributed by atoms with Gasteiger partial charge in [-0.25, -0.2) is 13.4 Å². The van der Waals surface area contributed by atoms with E-state index in [4.69, 9.17) is 5.26 Å². The first-order valence-electron chi connectivity index (χ1n) is 3.56. The zero-order valence-corrected chi connectivity index (χ0v) is 7.87. The molecule has 1 aromatic heterocycles. The van der Waals surface area contributed by atoms with Gasteiger partial charge in [-0.2, -0.15) is 5.26 Å². The van der Waals surface area contributed by atoms with Crippen molar-refractivity contribution >= 4 is 9.84 Å². The smallest absolute Gasteiger partial charge is 0.193 e. The SMILES string of the molecule is CS(=O)(=O)c1ncccc1CC#N. The number of hydrogen-bond donors (Lipinski definition) is 0. The highest BCUT2D eigenvalue weighted by Gasteiger charge is 2.13. The fourth-order valence-electron chi connectivity index (χ4n) is 0.978. The number of hydrogen-bond acceptors (Lipinski definition) is 4. The van der Waals surface area contributed by atoms with Crippen LogP contribution in [-0.2, 0) is 16.3 Å². The average Bonchev–Trinajstić information content (AvgIpc) is 2.04. The molecule has 5 heteroatoms. The van der Waals surface area contributed by atoms with E-state index in [1.165, 1.54) is 6.20 Å². The van der Waals surface area contributed by atoms with E-state index in [-0.39, 0.29) is 11.4 Å². The Kier molecular flexibility index (Phi) is 2.63. The number of nitrogens with zero attached hydrogens (tertiary/aromatic N) is 2. The number of nitriles is 1. The van der Waals surface area contributed by atoms with Crippen LogP contribution in [0.3, 0.4) is 0 Å². The Morgan fingerprint density at radius 1 is 1.62 bits per heavy atom. The van der Waals surface area contributed by atoms with Crippen LogP contribution in [0.25, 0.3) is 0 Å². The number of aromatic nitrogens is 1. The van der Waals surface area contributed by atoms with E-state index in [0.717, 1.165) is 6.26 Å². The van der Waals surface area contributed by atoms with Gasteiger partial charge in [-0.1, -0.05) is 6.07 Å². The molecule has 0 amide bonds. The van der Waals surface area contributed by atoms with Gasteiger partial charge in [0.25, 0.3) is 0 Å². The fraction of sp³-hybridized carbons (Fsp3) is 0.250. The van der Waals surface area contributed by atoms with Crippen molar-refractivity contribution in [2.45, 2.75) is 11.4 Å². The molecule has 0 unspecified atom stereocenters. The van der Waals surface area contributed by atoms with Gasteiger partial charge in [0.05, 0.1) is 12.5 Å². The monoisotopic (exact) mass is 196 g/mol. The van der Waals surface area contributed by atoms with Crippen LogP contribution in [0.4, 0.5) is 0 Å². The second kappa shape index (κ2) is 3.54. The van der Waals surface area contributed by atoms with Gasteiger partial charge in [0, 0.05) is 18.0 Å². The predicted octanol–water partition coefficient (Wildman–Crippen LogP) is 0.551. The lowest BCUT2D eigenvalue weighted by Gasteiger charge is -2.01. The summed E-state index contributed by atoms with van der Waals surface area (Å²) >= 11 is 0. The molecule has 0 aliphatic heterocycles. The first-order chi connectivity index (χ1) is 6.05. The molecule has 0 aliphatic rings. The molecule has 0 aromatic carbocycles. The van der Waals surface area contributed by atoms with Crippen molar-refractivity contribution in [3.05, 3.63) is 23.9 Å². The molecule has 1 aromatic rings. The van der Waals surface area contributed by atoms with Crippen LogP contribution < -0.4 is 0 Å². The largest absolute Gasteiger partial charge is 0.244 e. The zero-order chi connectivity index (χ0) is 9.90. The topological polar surface area (TPSA) is 70.8 Å². The van der Waals surface area contributed by atoms with Crippen molar-refractivity contribution in [2.24, 2.45) is 0 Å². The minimum absolute atomic E-state index is 0.00319. The minimum Gasteiger partial charge on any atom is -0.244 e. The van der Waals surface area contributed by atoms with Gasteiger partial charge in [0.15, 0.2) is 14.9 Å². The zero-order valence-electron chi connectivity index (χ0n) is 7.06. The Morgan fingerprint density at radius 2 is 2.31 bits per heavy atom. The Labute approximate surface area is 76.8 Å². The number of pyridine rings is 1. The van der Waals surface area contributed by atoms with Crippen LogP contribution in [0.2, 0.25) is 0 Å². The normalized spacial score (nSPS) is 10.8. The van der Waals surface area contributed by atoms with Gasteiger partial charge in [-0.3, -0.25) is 0 Å². The summed E-state index contributed by atoms with van der Waals surface area (Å²) in [7, 11) is -3.32. The predicted molar refractivity (Wildman–Crippen MR) is 46.7 cm³/mol. The highest BCUT2D eigenvalue weighted by molar-refractivity contribution is 7.90. The quantitative estimate of drug-likeness (QED) is 0.692. The summed E-state index contributed by atoms with van der Waals surface area (Å²) in [5.74, 6) is 0. The van der Waals surface area contributed by atoms with Crippen LogP contribution in [-0.4, -0.2) is 19.7 Å². The van der Waals surface area contributed by atoms with Gasteiger partial charge in [-0.05, 0) is 6.07 Å². The standard InChI is InChI=1S/C8H8N2O2S/c1-13(11,12)8-7(4-5-9)3-2-6-10-8/h2-3,6H,4H2,1H3. The van der Waals surface area contributed by atoms with Crippen molar-refractivity contribution < 1.29 is 8.42 Å². The van der Waals surface area contributed by atoms with Crippen molar-refractivity contribution in [1.82, 2.24) is 4.98 Å². The lowest BCUT2D eigenvalue weighted by Crippen LogP contribution is -2.04. The van der Waals surface area contributed by atoms with Gasteiger partial charge < -0.3 is 0 Å². The van der Waals surface area contributed by atoms with Crippen molar-refractivity contribution in [2.75, 3.05) is 6.26 Å². The third-order valence-corrected chi connectivity index (χ3v) is 2.54. The van der Waals surface area contributed by atoms with Gasteiger partial charge in [0.2, 0.25) is 0 Å². The van der Waals surface area contributed by atoms with Gasteiger partial charge >= 0.3 is 0 Å². The maximum atomic E-state index is 11.2. The average molecular weight is 196 g/mol. The molecule has 68 valence electrons. The summed E-state index contributed by atoms with van der Waals surface area (Å²) in [6, 6.07) is 5.09. The van der Waals surface area contributed by atoms with Gasteiger partial charge in [-0.15, -0.1) is 0 Å². The fourth-order valence-corrected chi connectivity index (χ4v) is 1.85. The van der Waals surface area contributed by atoms with E-state index in [9.17, 15) is 8.42 Å². The Balaban J connectivity index is 3.30. The Bertz CT molecular complexity index is 445. The Morgan fingerprint density at radius 3 is 2.85 bits per heavy atom. The molecule has 0 spiro atoms.